The van der Waals surface area contributed by atoms with Gasteiger partial charge in [-0.25, -0.2) is 9.78 Å². The van der Waals surface area contributed by atoms with Crippen LogP contribution in [0.4, 0.5) is 0 Å². The Hall–Kier alpha value is -1.92. The van der Waals surface area contributed by atoms with Gasteiger partial charge in [-0.2, -0.15) is 0 Å². The van der Waals surface area contributed by atoms with Crippen LogP contribution in [0.25, 0.3) is 0 Å². The van der Waals surface area contributed by atoms with Crippen LogP contribution in [0.2, 0.25) is 5.02 Å². The molecule has 0 aliphatic carbocycles. The number of thiazole rings is 1. The van der Waals surface area contributed by atoms with Gasteiger partial charge < -0.3 is 10.1 Å². The molecule has 22 heavy (non-hydrogen) atoms. The molecule has 1 aromatic carbocycles. The van der Waals surface area contributed by atoms with Gasteiger partial charge in [0.15, 0.2) is 6.61 Å². The number of aryl methyl sites for hydroxylation is 2. The maximum absolute atomic E-state index is 11.8. The molecule has 1 aromatic heterocycles. The van der Waals surface area contributed by atoms with Crippen molar-refractivity contribution in [1.82, 2.24) is 10.3 Å². The number of hydrogen-bond acceptors (Lipinski definition) is 5. The fourth-order valence-electron chi connectivity index (χ4n) is 1.77. The molecule has 2 rings (SSSR count). The number of nitrogens with zero attached hydrogens (tertiary/aromatic N) is 1. The summed E-state index contributed by atoms with van der Waals surface area (Å²) in [5.41, 5.74) is 1.53. The van der Waals surface area contributed by atoms with Crippen molar-refractivity contribution in [2.75, 3.05) is 6.61 Å². The van der Waals surface area contributed by atoms with Crippen molar-refractivity contribution < 1.29 is 14.3 Å². The molecule has 0 aliphatic rings. The minimum atomic E-state index is -0.523. The second-order valence-corrected chi connectivity index (χ2v) is 6.27. The lowest BCUT2D eigenvalue weighted by atomic mass is 10.2. The molecular weight excluding hydrogens is 324 g/mol. The Labute approximate surface area is 137 Å². The number of amides is 1. The van der Waals surface area contributed by atoms with Crippen LogP contribution in [0.5, 0.6) is 0 Å². The summed E-state index contributed by atoms with van der Waals surface area (Å²) in [5.74, 6) is -0.882. The first-order valence-electron chi connectivity index (χ1n) is 6.58. The molecular formula is C15H15ClN2O3S. The van der Waals surface area contributed by atoms with Gasteiger partial charge in [-0.1, -0.05) is 23.7 Å². The Morgan fingerprint density at radius 2 is 1.95 bits per heavy atom. The van der Waals surface area contributed by atoms with Crippen molar-refractivity contribution in [3.05, 3.63) is 50.4 Å². The highest BCUT2D eigenvalue weighted by Gasteiger charge is 2.16. The molecule has 116 valence electrons. The first-order valence-corrected chi connectivity index (χ1v) is 7.77. The van der Waals surface area contributed by atoms with Gasteiger partial charge in [0.1, 0.15) is 4.88 Å². The number of esters is 1. The fraction of sp³-hybridized carbons (Fsp3) is 0.267. The third-order valence-corrected chi connectivity index (χ3v) is 4.13. The zero-order chi connectivity index (χ0) is 16.1. The molecule has 1 N–H and O–H groups in total. The smallest absolute Gasteiger partial charge is 0.350 e. The van der Waals surface area contributed by atoms with Crippen molar-refractivity contribution in [2.24, 2.45) is 0 Å². The molecule has 0 saturated carbocycles. The summed E-state index contributed by atoms with van der Waals surface area (Å²) < 4.78 is 4.99. The second-order valence-electron chi connectivity index (χ2n) is 4.63. The quantitative estimate of drug-likeness (QED) is 0.851. The molecule has 0 fully saturated rings. The maximum atomic E-state index is 11.8. The number of aromatic nitrogens is 1. The average molecular weight is 339 g/mol. The van der Waals surface area contributed by atoms with E-state index < -0.39 is 5.97 Å². The second kappa shape index (κ2) is 7.38. The van der Waals surface area contributed by atoms with Crippen molar-refractivity contribution in [2.45, 2.75) is 20.4 Å². The number of carbonyl (C=O) groups excluding carboxylic acids is 2. The lowest BCUT2D eigenvalue weighted by Crippen LogP contribution is -2.28. The van der Waals surface area contributed by atoms with Gasteiger partial charge in [-0.3, -0.25) is 4.79 Å². The van der Waals surface area contributed by atoms with E-state index in [9.17, 15) is 9.59 Å². The Morgan fingerprint density at radius 3 is 2.55 bits per heavy atom. The number of ether oxygens (including phenoxy) is 1. The highest BCUT2D eigenvalue weighted by atomic mass is 35.5. The van der Waals surface area contributed by atoms with E-state index in [0.717, 1.165) is 10.6 Å². The number of rotatable bonds is 5. The zero-order valence-electron chi connectivity index (χ0n) is 12.2. The number of carbonyl (C=O) groups is 2. The van der Waals surface area contributed by atoms with Gasteiger partial charge >= 0.3 is 5.97 Å². The number of hydrogen-bond donors (Lipinski definition) is 1. The van der Waals surface area contributed by atoms with Crippen LogP contribution >= 0.6 is 22.9 Å². The van der Waals surface area contributed by atoms with Gasteiger partial charge in [-0.15, -0.1) is 11.3 Å². The predicted octanol–water partition coefficient (Wildman–Crippen LogP) is 2.89. The maximum Gasteiger partial charge on any atom is 0.350 e. The van der Waals surface area contributed by atoms with Gasteiger partial charge in [-0.05, 0) is 31.5 Å². The van der Waals surface area contributed by atoms with Crippen LogP contribution < -0.4 is 5.32 Å². The summed E-state index contributed by atoms with van der Waals surface area (Å²) in [7, 11) is 0. The highest BCUT2D eigenvalue weighted by Crippen LogP contribution is 2.17. The molecule has 0 bridgehead atoms. The monoisotopic (exact) mass is 338 g/mol. The van der Waals surface area contributed by atoms with Crippen LogP contribution in [0.15, 0.2) is 24.3 Å². The lowest BCUT2D eigenvalue weighted by molar-refractivity contribution is -0.124. The van der Waals surface area contributed by atoms with E-state index in [4.69, 9.17) is 16.3 Å². The highest BCUT2D eigenvalue weighted by molar-refractivity contribution is 7.13. The molecule has 0 atom stereocenters. The van der Waals surface area contributed by atoms with Crippen molar-refractivity contribution >= 4 is 34.8 Å². The number of halogens is 1. The Kier molecular flexibility index (Phi) is 5.51. The van der Waals surface area contributed by atoms with Gasteiger partial charge in [0.05, 0.1) is 10.7 Å². The first kappa shape index (κ1) is 16.5. The topological polar surface area (TPSA) is 68.3 Å². The summed E-state index contributed by atoms with van der Waals surface area (Å²) in [6, 6.07) is 7.13. The van der Waals surface area contributed by atoms with E-state index >= 15 is 0 Å². The molecule has 1 amide bonds. The average Bonchev–Trinajstić information content (AvgIpc) is 2.83. The third-order valence-electron chi connectivity index (χ3n) is 2.83. The van der Waals surface area contributed by atoms with Gasteiger partial charge in [0.25, 0.3) is 5.91 Å². The normalized spacial score (nSPS) is 10.3. The molecule has 0 aliphatic heterocycles. The van der Waals surface area contributed by atoms with Crippen LogP contribution in [-0.2, 0) is 16.1 Å². The van der Waals surface area contributed by atoms with Crippen LogP contribution in [0, 0.1) is 13.8 Å². The summed E-state index contributed by atoms with van der Waals surface area (Å²) in [4.78, 5) is 28.1. The van der Waals surface area contributed by atoms with E-state index in [1.54, 1.807) is 19.1 Å². The van der Waals surface area contributed by atoms with E-state index in [0.29, 0.717) is 22.1 Å². The van der Waals surface area contributed by atoms with Crippen molar-refractivity contribution in [1.29, 1.82) is 0 Å². The Balaban J connectivity index is 1.79. The Bertz CT molecular complexity index is 683. The van der Waals surface area contributed by atoms with Crippen LogP contribution in [0.3, 0.4) is 0 Å². The number of benzene rings is 1. The molecule has 1 heterocycles. The SMILES string of the molecule is Cc1nc(C)c(C(=O)OCC(=O)NCc2ccc(Cl)cc2)s1. The summed E-state index contributed by atoms with van der Waals surface area (Å²) in [5, 5.41) is 4.10. The first-order chi connectivity index (χ1) is 10.5. The van der Waals surface area contributed by atoms with E-state index in [2.05, 4.69) is 10.3 Å². The van der Waals surface area contributed by atoms with Gasteiger partial charge in [0.2, 0.25) is 0 Å². The van der Waals surface area contributed by atoms with E-state index in [-0.39, 0.29) is 12.5 Å². The summed E-state index contributed by atoms with van der Waals surface area (Å²) in [6.07, 6.45) is 0. The van der Waals surface area contributed by atoms with Crippen LogP contribution in [-0.4, -0.2) is 23.5 Å². The molecule has 5 nitrogen and oxygen atoms in total. The fourth-order valence-corrected chi connectivity index (χ4v) is 2.71. The van der Waals surface area contributed by atoms with Crippen molar-refractivity contribution in [3.63, 3.8) is 0 Å². The molecule has 2 aromatic rings. The van der Waals surface area contributed by atoms with Crippen molar-refractivity contribution in [3.8, 4) is 0 Å². The molecule has 0 radical (unpaired) electrons. The minimum absolute atomic E-state index is 0.317. The van der Waals surface area contributed by atoms with E-state index in [1.165, 1.54) is 11.3 Å². The van der Waals surface area contributed by atoms with E-state index in [1.807, 2.05) is 19.1 Å². The number of nitrogens with one attached hydrogen (secondary N) is 1. The molecule has 0 saturated heterocycles. The third kappa shape index (κ3) is 4.54. The predicted molar refractivity (Wildman–Crippen MR) is 85.2 cm³/mol. The molecule has 0 spiro atoms. The van der Waals surface area contributed by atoms with Gasteiger partial charge in [0, 0.05) is 11.6 Å². The molecule has 7 heteroatoms. The standard InChI is InChI=1S/C15H15ClN2O3S/c1-9-14(22-10(2)18-9)15(20)21-8-13(19)17-7-11-3-5-12(16)6-4-11/h3-6H,7-8H2,1-2H3,(H,17,19). The summed E-state index contributed by atoms with van der Waals surface area (Å²) in [6.45, 7) is 3.59. The minimum Gasteiger partial charge on any atom is -0.451 e. The molecule has 0 unspecified atom stereocenters. The Morgan fingerprint density at radius 1 is 1.27 bits per heavy atom. The van der Waals surface area contributed by atoms with Crippen LogP contribution in [0.1, 0.15) is 25.9 Å². The lowest BCUT2D eigenvalue weighted by Gasteiger charge is -2.06. The zero-order valence-corrected chi connectivity index (χ0v) is 13.8. The summed E-state index contributed by atoms with van der Waals surface area (Å²) >= 11 is 7.04. The largest absolute Gasteiger partial charge is 0.451 e.